The van der Waals surface area contributed by atoms with Gasteiger partial charge in [0.1, 0.15) is 12.4 Å². The van der Waals surface area contributed by atoms with Gasteiger partial charge in [-0.3, -0.25) is 4.98 Å². The van der Waals surface area contributed by atoms with Crippen molar-refractivity contribution < 1.29 is 4.74 Å². The number of rotatable bonds is 6. The zero-order chi connectivity index (χ0) is 10.2. The summed E-state index contributed by atoms with van der Waals surface area (Å²) < 4.78 is 5.49. The Morgan fingerprint density at radius 3 is 3.21 bits per heavy atom. The average Bonchev–Trinajstić information content (AvgIpc) is 2.24. The Hall–Kier alpha value is -1.35. The molecule has 0 bridgehead atoms. The van der Waals surface area contributed by atoms with Crippen LogP contribution < -0.4 is 10.1 Å². The average molecular weight is 192 g/mol. The molecule has 1 rings (SSSR count). The Kier molecular flexibility index (Phi) is 4.72. The van der Waals surface area contributed by atoms with E-state index in [-0.39, 0.29) is 0 Å². The Balaban J connectivity index is 2.64. The minimum absolute atomic E-state index is 0.531. The SMILES string of the molecule is C=CCOc1ccncc1CNCC. The second kappa shape index (κ2) is 6.16. The standard InChI is InChI=1S/C11H16N2O/c1-3-7-14-11-5-6-13-9-10(11)8-12-4-2/h3,5-6,9,12H,1,4,7-8H2,2H3. The minimum atomic E-state index is 0.531. The summed E-state index contributed by atoms with van der Waals surface area (Å²) >= 11 is 0. The summed E-state index contributed by atoms with van der Waals surface area (Å²) in [5.41, 5.74) is 1.08. The number of ether oxygens (including phenoxy) is 1. The van der Waals surface area contributed by atoms with E-state index in [1.807, 2.05) is 12.3 Å². The first-order valence-electron chi connectivity index (χ1n) is 4.75. The Labute approximate surface area is 84.8 Å². The maximum atomic E-state index is 5.49. The molecular weight excluding hydrogens is 176 g/mol. The van der Waals surface area contributed by atoms with Crippen molar-refractivity contribution in [2.24, 2.45) is 0 Å². The van der Waals surface area contributed by atoms with Crippen molar-refractivity contribution in [1.82, 2.24) is 10.3 Å². The van der Waals surface area contributed by atoms with Crippen molar-refractivity contribution in [2.75, 3.05) is 13.2 Å². The highest BCUT2D eigenvalue weighted by molar-refractivity contribution is 5.30. The molecule has 0 fully saturated rings. The molecule has 0 amide bonds. The van der Waals surface area contributed by atoms with Crippen LogP contribution in [0.25, 0.3) is 0 Å². The molecule has 0 aliphatic heterocycles. The molecular formula is C11H16N2O. The molecule has 0 spiro atoms. The second-order valence-corrected chi connectivity index (χ2v) is 2.86. The van der Waals surface area contributed by atoms with Gasteiger partial charge in [-0.05, 0) is 12.6 Å². The van der Waals surface area contributed by atoms with Crippen molar-refractivity contribution >= 4 is 0 Å². The number of nitrogens with one attached hydrogen (secondary N) is 1. The molecule has 0 atom stereocenters. The van der Waals surface area contributed by atoms with Crippen LogP contribution in [-0.4, -0.2) is 18.1 Å². The molecule has 76 valence electrons. The molecule has 0 saturated heterocycles. The van der Waals surface area contributed by atoms with E-state index in [2.05, 4.69) is 23.8 Å². The number of pyridine rings is 1. The van der Waals surface area contributed by atoms with E-state index in [9.17, 15) is 0 Å². The smallest absolute Gasteiger partial charge is 0.127 e. The molecule has 1 heterocycles. The lowest BCUT2D eigenvalue weighted by Crippen LogP contribution is -2.13. The molecule has 0 radical (unpaired) electrons. The van der Waals surface area contributed by atoms with E-state index in [4.69, 9.17) is 4.74 Å². The zero-order valence-electron chi connectivity index (χ0n) is 8.49. The van der Waals surface area contributed by atoms with Gasteiger partial charge in [-0.15, -0.1) is 0 Å². The summed E-state index contributed by atoms with van der Waals surface area (Å²) in [6.45, 7) is 7.94. The lowest BCUT2D eigenvalue weighted by atomic mass is 10.2. The molecule has 14 heavy (non-hydrogen) atoms. The van der Waals surface area contributed by atoms with Crippen LogP contribution in [0.4, 0.5) is 0 Å². The van der Waals surface area contributed by atoms with E-state index in [0.717, 1.165) is 24.4 Å². The predicted octanol–water partition coefficient (Wildman–Crippen LogP) is 1.76. The maximum absolute atomic E-state index is 5.49. The van der Waals surface area contributed by atoms with Crippen LogP contribution in [0.5, 0.6) is 5.75 Å². The summed E-state index contributed by atoms with van der Waals surface area (Å²) in [5, 5.41) is 3.24. The third-order valence-electron chi connectivity index (χ3n) is 1.78. The highest BCUT2D eigenvalue weighted by Crippen LogP contribution is 2.15. The van der Waals surface area contributed by atoms with Gasteiger partial charge in [0.2, 0.25) is 0 Å². The van der Waals surface area contributed by atoms with Gasteiger partial charge < -0.3 is 10.1 Å². The van der Waals surface area contributed by atoms with Crippen molar-refractivity contribution in [3.63, 3.8) is 0 Å². The van der Waals surface area contributed by atoms with Gasteiger partial charge in [-0.2, -0.15) is 0 Å². The number of hydrogen-bond donors (Lipinski definition) is 1. The molecule has 3 heteroatoms. The summed E-state index contributed by atoms with van der Waals surface area (Å²) in [5.74, 6) is 0.876. The fraction of sp³-hybridized carbons (Fsp3) is 0.364. The van der Waals surface area contributed by atoms with E-state index >= 15 is 0 Å². The van der Waals surface area contributed by atoms with Crippen molar-refractivity contribution in [1.29, 1.82) is 0 Å². The molecule has 0 aliphatic carbocycles. The third-order valence-corrected chi connectivity index (χ3v) is 1.78. The van der Waals surface area contributed by atoms with Crippen LogP contribution in [0.15, 0.2) is 31.1 Å². The predicted molar refractivity (Wildman–Crippen MR) is 57.3 cm³/mol. The first-order chi connectivity index (χ1) is 6.88. The van der Waals surface area contributed by atoms with Crippen LogP contribution in [0, 0.1) is 0 Å². The normalized spacial score (nSPS) is 9.79. The summed E-state index contributed by atoms with van der Waals surface area (Å²) in [4.78, 5) is 4.06. The van der Waals surface area contributed by atoms with Crippen LogP contribution in [0.2, 0.25) is 0 Å². The van der Waals surface area contributed by atoms with Crippen molar-refractivity contribution in [3.8, 4) is 5.75 Å². The first kappa shape index (κ1) is 10.7. The molecule has 1 aromatic heterocycles. The van der Waals surface area contributed by atoms with Gasteiger partial charge in [0.25, 0.3) is 0 Å². The second-order valence-electron chi connectivity index (χ2n) is 2.86. The first-order valence-corrected chi connectivity index (χ1v) is 4.75. The highest BCUT2D eigenvalue weighted by atomic mass is 16.5. The summed E-state index contributed by atoms with van der Waals surface area (Å²) in [6, 6.07) is 1.87. The molecule has 0 aromatic carbocycles. The van der Waals surface area contributed by atoms with E-state index in [0.29, 0.717) is 6.61 Å². The Morgan fingerprint density at radius 1 is 1.64 bits per heavy atom. The summed E-state index contributed by atoms with van der Waals surface area (Å²) in [7, 11) is 0. The molecule has 0 saturated carbocycles. The topological polar surface area (TPSA) is 34.1 Å². The van der Waals surface area contributed by atoms with Crippen LogP contribution in [0.3, 0.4) is 0 Å². The van der Waals surface area contributed by atoms with E-state index < -0.39 is 0 Å². The number of hydrogen-bond acceptors (Lipinski definition) is 3. The van der Waals surface area contributed by atoms with Crippen LogP contribution in [-0.2, 0) is 6.54 Å². The van der Waals surface area contributed by atoms with Gasteiger partial charge in [-0.25, -0.2) is 0 Å². The minimum Gasteiger partial charge on any atom is -0.489 e. The number of nitrogens with zero attached hydrogens (tertiary/aromatic N) is 1. The summed E-state index contributed by atoms with van der Waals surface area (Å²) in [6.07, 6.45) is 5.28. The van der Waals surface area contributed by atoms with Gasteiger partial charge in [0, 0.05) is 24.5 Å². The maximum Gasteiger partial charge on any atom is 0.127 e. The molecule has 3 nitrogen and oxygen atoms in total. The quantitative estimate of drug-likeness (QED) is 0.697. The van der Waals surface area contributed by atoms with Crippen LogP contribution in [0.1, 0.15) is 12.5 Å². The molecule has 0 aliphatic rings. The Bertz CT molecular complexity index is 286. The van der Waals surface area contributed by atoms with Crippen LogP contribution >= 0.6 is 0 Å². The fourth-order valence-electron chi connectivity index (χ4n) is 1.10. The van der Waals surface area contributed by atoms with Gasteiger partial charge in [-0.1, -0.05) is 19.6 Å². The molecule has 0 unspecified atom stereocenters. The van der Waals surface area contributed by atoms with E-state index in [1.54, 1.807) is 12.3 Å². The van der Waals surface area contributed by atoms with Crippen molar-refractivity contribution in [3.05, 3.63) is 36.7 Å². The van der Waals surface area contributed by atoms with E-state index in [1.165, 1.54) is 0 Å². The van der Waals surface area contributed by atoms with Crippen molar-refractivity contribution in [2.45, 2.75) is 13.5 Å². The molecule has 1 aromatic rings. The monoisotopic (exact) mass is 192 g/mol. The third kappa shape index (κ3) is 3.18. The largest absolute Gasteiger partial charge is 0.489 e. The van der Waals surface area contributed by atoms with Gasteiger partial charge >= 0.3 is 0 Å². The van der Waals surface area contributed by atoms with Gasteiger partial charge in [0.15, 0.2) is 0 Å². The lowest BCUT2D eigenvalue weighted by molar-refractivity contribution is 0.357. The zero-order valence-corrected chi connectivity index (χ0v) is 8.49. The highest BCUT2D eigenvalue weighted by Gasteiger charge is 2.01. The molecule has 1 N–H and O–H groups in total. The lowest BCUT2D eigenvalue weighted by Gasteiger charge is -2.09. The van der Waals surface area contributed by atoms with Gasteiger partial charge in [0.05, 0.1) is 0 Å². The number of aromatic nitrogens is 1. The fourth-order valence-corrected chi connectivity index (χ4v) is 1.10. The Morgan fingerprint density at radius 2 is 2.50 bits per heavy atom.